The van der Waals surface area contributed by atoms with Crippen LogP contribution in [0.4, 0.5) is 0 Å². The fourth-order valence-electron chi connectivity index (χ4n) is 2.57. The van der Waals surface area contributed by atoms with Crippen molar-refractivity contribution in [3.8, 4) is 11.1 Å². The molecule has 0 radical (unpaired) electrons. The molecule has 0 aliphatic heterocycles. The first-order valence-electron chi connectivity index (χ1n) is 6.47. The number of rotatable bonds is 1. The quantitative estimate of drug-likeness (QED) is 0.726. The molecule has 1 nitrogen and oxygen atoms in total. The van der Waals surface area contributed by atoms with Gasteiger partial charge >= 0.3 is 0 Å². The molecule has 0 amide bonds. The Bertz CT molecular complexity index is 594. The van der Waals surface area contributed by atoms with Gasteiger partial charge in [0.05, 0.1) is 0 Å². The van der Waals surface area contributed by atoms with Crippen molar-refractivity contribution >= 4 is 5.78 Å². The Hall–Kier alpha value is -1.89. The number of aryl methyl sites for hydroxylation is 2. The molecule has 90 valence electrons. The summed E-state index contributed by atoms with van der Waals surface area (Å²) in [6, 6.07) is 14.8. The zero-order valence-corrected chi connectivity index (χ0v) is 10.6. The highest BCUT2D eigenvalue weighted by atomic mass is 16.1. The van der Waals surface area contributed by atoms with Crippen LogP contribution in [0.25, 0.3) is 11.1 Å². The second-order valence-corrected chi connectivity index (χ2v) is 5.01. The van der Waals surface area contributed by atoms with Crippen molar-refractivity contribution in [3.63, 3.8) is 0 Å². The van der Waals surface area contributed by atoms with Gasteiger partial charge in [0.25, 0.3) is 0 Å². The SMILES string of the molecule is Cc1ccc(-c2ccc3c(c2)CCCC3=O)cc1. The predicted molar refractivity (Wildman–Crippen MR) is 73.9 cm³/mol. The van der Waals surface area contributed by atoms with E-state index in [2.05, 4.69) is 43.3 Å². The van der Waals surface area contributed by atoms with E-state index < -0.39 is 0 Å². The Kier molecular flexibility index (Phi) is 2.75. The van der Waals surface area contributed by atoms with E-state index in [0.717, 1.165) is 18.4 Å². The molecular weight excluding hydrogens is 220 g/mol. The fraction of sp³-hybridized carbons (Fsp3) is 0.235. The summed E-state index contributed by atoms with van der Waals surface area (Å²) in [5, 5.41) is 0. The molecular formula is C17H16O. The lowest BCUT2D eigenvalue weighted by atomic mass is 9.88. The second-order valence-electron chi connectivity index (χ2n) is 5.01. The molecule has 0 aromatic heterocycles. The van der Waals surface area contributed by atoms with Crippen molar-refractivity contribution in [2.75, 3.05) is 0 Å². The Morgan fingerprint density at radius 2 is 1.61 bits per heavy atom. The standard InChI is InChI=1S/C17H16O/c1-12-5-7-13(8-6-12)14-9-10-16-15(11-14)3-2-4-17(16)18/h5-11H,2-4H2,1H3. The number of carbonyl (C=O) groups excluding carboxylic acids is 1. The molecule has 0 N–H and O–H groups in total. The van der Waals surface area contributed by atoms with E-state index in [4.69, 9.17) is 0 Å². The van der Waals surface area contributed by atoms with Crippen molar-refractivity contribution in [2.24, 2.45) is 0 Å². The predicted octanol–water partition coefficient (Wildman–Crippen LogP) is 4.18. The van der Waals surface area contributed by atoms with Gasteiger partial charge in [-0.3, -0.25) is 4.79 Å². The third-order valence-electron chi connectivity index (χ3n) is 3.64. The minimum Gasteiger partial charge on any atom is -0.294 e. The topological polar surface area (TPSA) is 17.1 Å². The molecule has 1 aliphatic rings. The highest BCUT2D eigenvalue weighted by Gasteiger charge is 2.17. The van der Waals surface area contributed by atoms with Crippen LogP contribution in [0, 0.1) is 6.92 Å². The number of fused-ring (bicyclic) bond motifs is 1. The summed E-state index contributed by atoms with van der Waals surface area (Å²) in [5.41, 5.74) is 5.85. The maximum atomic E-state index is 11.8. The molecule has 0 saturated heterocycles. The molecule has 1 aliphatic carbocycles. The van der Waals surface area contributed by atoms with Gasteiger partial charge in [0.15, 0.2) is 5.78 Å². The number of Topliss-reactive ketones (excluding diaryl/α,β-unsaturated/α-hetero) is 1. The fourth-order valence-corrected chi connectivity index (χ4v) is 2.57. The molecule has 0 spiro atoms. The molecule has 0 bridgehead atoms. The molecule has 0 unspecified atom stereocenters. The lowest BCUT2D eigenvalue weighted by Gasteiger charge is -2.15. The zero-order chi connectivity index (χ0) is 12.5. The first-order chi connectivity index (χ1) is 8.74. The summed E-state index contributed by atoms with van der Waals surface area (Å²) in [6.07, 6.45) is 2.72. The maximum Gasteiger partial charge on any atom is 0.163 e. The maximum absolute atomic E-state index is 11.8. The first-order valence-corrected chi connectivity index (χ1v) is 6.47. The van der Waals surface area contributed by atoms with Gasteiger partial charge < -0.3 is 0 Å². The minimum absolute atomic E-state index is 0.298. The van der Waals surface area contributed by atoms with Gasteiger partial charge in [-0.1, -0.05) is 48.0 Å². The van der Waals surface area contributed by atoms with E-state index >= 15 is 0 Å². The number of carbonyl (C=O) groups is 1. The average Bonchev–Trinajstić information content (AvgIpc) is 2.39. The molecule has 0 saturated carbocycles. The third-order valence-corrected chi connectivity index (χ3v) is 3.64. The number of ketones is 1. The average molecular weight is 236 g/mol. The highest BCUT2D eigenvalue weighted by molar-refractivity contribution is 5.99. The molecule has 2 aromatic carbocycles. The summed E-state index contributed by atoms with van der Waals surface area (Å²) in [4.78, 5) is 11.8. The van der Waals surface area contributed by atoms with Gasteiger partial charge in [0.1, 0.15) is 0 Å². The minimum atomic E-state index is 0.298. The van der Waals surface area contributed by atoms with E-state index in [1.165, 1.54) is 22.3 Å². The van der Waals surface area contributed by atoms with Crippen LogP contribution in [0.3, 0.4) is 0 Å². The summed E-state index contributed by atoms with van der Waals surface area (Å²) < 4.78 is 0. The van der Waals surface area contributed by atoms with Gasteiger partial charge in [-0.25, -0.2) is 0 Å². The Morgan fingerprint density at radius 1 is 0.889 bits per heavy atom. The highest BCUT2D eigenvalue weighted by Crippen LogP contribution is 2.27. The van der Waals surface area contributed by atoms with E-state index in [1.54, 1.807) is 0 Å². The van der Waals surface area contributed by atoms with Gasteiger partial charge in [0.2, 0.25) is 0 Å². The molecule has 1 heteroatoms. The monoisotopic (exact) mass is 236 g/mol. The van der Waals surface area contributed by atoms with Gasteiger partial charge in [-0.2, -0.15) is 0 Å². The van der Waals surface area contributed by atoms with Crippen LogP contribution in [-0.4, -0.2) is 5.78 Å². The Balaban J connectivity index is 2.04. The van der Waals surface area contributed by atoms with Crippen LogP contribution in [0.1, 0.15) is 34.3 Å². The Morgan fingerprint density at radius 3 is 2.39 bits per heavy atom. The molecule has 3 rings (SSSR count). The molecule has 2 aromatic rings. The number of hydrogen-bond acceptors (Lipinski definition) is 1. The van der Waals surface area contributed by atoms with Crippen LogP contribution in [0.2, 0.25) is 0 Å². The van der Waals surface area contributed by atoms with E-state index in [9.17, 15) is 4.79 Å². The van der Waals surface area contributed by atoms with E-state index in [-0.39, 0.29) is 0 Å². The number of hydrogen-bond donors (Lipinski definition) is 0. The molecule has 0 atom stereocenters. The van der Waals surface area contributed by atoms with E-state index in [1.807, 2.05) is 6.07 Å². The van der Waals surface area contributed by atoms with Crippen LogP contribution in [0.15, 0.2) is 42.5 Å². The number of benzene rings is 2. The van der Waals surface area contributed by atoms with Gasteiger partial charge in [0, 0.05) is 12.0 Å². The van der Waals surface area contributed by atoms with Crippen molar-refractivity contribution in [1.82, 2.24) is 0 Å². The van der Waals surface area contributed by atoms with E-state index in [0.29, 0.717) is 12.2 Å². The smallest absolute Gasteiger partial charge is 0.163 e. The Labute approximate surface area is 107 Å². The summed E-state index contributed by atoms with van der Waals surface area (Å²) >= 11 is 0. The van der Waals surface area contributed by atoms with Crippen LogP contribution >= 0.6 is 0 Å². The van der Waals surface area contributed by atoms with Crippen molar-refractivity contribution in [2.45, 2.75) is 26.2 Å². The lowest BCUT2D eigenvalue weighted by molar-refractivity contribution is 0.0972. The molecule has 18 heavy (non-hydrogen) atoms. The zero-order valence-electron chi connectivity index (χ0n) is 10.6. The summed E-state index contributed by atoms with van der Waals surface area (Å²) in [7, 11) is 0. The van der Waals surface area contributed by atoms with Crippen LogP contribution < -0.4 is 0 Å². The van der Waals surface area contributed by atoms with Crippen molar-refractivity contribution < 1.29 is 4.79 Å². The summed E-state index contributed by atoms with van der Waals surface area (Å²) in [6.45, 7) is 2.09. The second kappa shape index (κ2) is 4.41. The lowest BCUT2D eigenvalue weighted by Crippen LogP contribution is -2.10. The van der Waals surface area contributed by atoms with Crippen LogP contribution in [-0.2, 0) is 6.42 Å². The van der Waals surface area contributed by atoms with Gasteiger partial charge in [-0.05, 0) is 36.5 Å². The van der Waals surface area contributed by atoms with Crippen LogP contribution in [0.5, 0.6) is 0 Å². The van der Waals surface area contributed by atoms with Crippen molar-refractivity contribution in [3.05, 3.63) is 59.2 Å². The first kappa shape index (κ1) is 11.2. The summed E-state index contributed by atoms with van der Waals surface area (Å²) in [5.74, 6) is 0.298. The normalized spacial score (nSPS) is 14.4. The molecule has 0 heterocycles. The largest absolute Gasteiger partial charge is 0.294 e. The van der Waals surface area contributed by atoms with Gasteiger partial charge in [-0.15, -0.1) is 0 Å². The molecule has 0 fully saturated rings. The van der Waals surface area contributed by atoms with Crippen molar-refractivity contribution in [1.29, 1.82) is 0 Å². The third kappa shape index (κ3) is 1.97.